The Morgan fingerprint density at radius 2 is 1.34 bits per heavy atom. The van der Waals surface area contributed by atoms with Crippen LogP contribution < -0.4 is 16.0 Å². The van der Waals surface area contributed by atoms with Crippen LogP contribution in [0.3, 0.4) is 0 Å². The number of hydrogen-bond acceptors (Lipinski definition) is 6. The first-order chi connectivity index (χ1) is 22.4. The van der Waals surface area contributed by atoms with Gasteiger partial charge in [0.25, 0.3) is 11.8 Å². The van der Waals surface area contributed by atoms with Crippen LogP contribution in [0.15, 0.2) is 84.9 Å². The second-order valence-electron chi connectivity index (χ2n) is 12.2. The monoisotopic (exact) mass is 660 g/mol. The number of imide groups is 1. The fraction of sp³-hybridized carbons (Fsp3) is 0.343. The lowest BCUT2D eigenvalue weighted by Gasteiger charge is -2.27. The SMILES string of the molecule is CC(C)C[C@H](NC(=O)C(CCc1ccccc1)CP(=O)(O)[C@H](C)NC(=O)CN1C(=O)c2ccccc2C1=O)C(=O)Nc1ccccc1. The molecule has 1 aliphatic heterocycles. The molecule has 2 unspecified atom stereocenters. The standard InChI is InChI=1S/C35H41N4O7P/c1-23(2)20-30(33(42)37-27-14-8-5-9-15-27)38-32(41)26(19-18-25-12-6-4-7-13-25)22-47(45,46)24(3)36-31(40)21-39-34(43)28-16-10-11-17-29(28)35(39)44/h4-17,23-24,26,30H,18-22H2,1-3H3,(H,36,40)(H,37,42)(H,38,41)(H,45,46)/t24-,26?,30+/m1/s1. The normalized spacial score (nSPS) is 15.7. The van der Waals surface area contributed by atoms with Crippen molar-refractivity contribution in [1.29, 1.82) is 0 Å². The maximum Gasteiger partial charge on any atom is 0.262 e. The number of para-hydroxylation sites is 1. The van der Waals surface area contributed by atoms with Crippen molar-refractivity contribution >= 4 is 42.6 Å². The average molecular weight is 661 g/mol. The lowest BCUT2D eigenvalue weighted by Crippen LogP contribution is -2.48. The lowest BCUT2D eigenvalue weighted by molar-refractivity contribution is -0.129. The van der Waals surface area contributed by atoms with Crippen molar-refractivity contribution in [2.75, 3.05) is 18.0 Å². The molecule has 4 atom stereocenters. The molecule has 0 aliphatic carbocycles. The number of amides is 5. The predicted octanol–water partition coefficient (Wildman–Crippen LogP) is 4.43. The number of benzene rings is 3. The van der Waals surface area contributed by atoms with E-state index in [1.807, 2.05) is 50.2 Å². The second kappa shape index (κ2) is 15.8. The molecule has 47 heavy (non-hydrogen) atoms. The van der Waals surface area contributed by atoms with Gasteiger partial charge in [-0.15, -0.1) is 0 Å². The molecule has 0 bridgehead atoms. The highest BCUT2D eigenvalue weighted by atomic mass is 31.2. The molecule has 11 nitrogen and oxygen atoms in total. The first kappa shape index (κ1) is 35.3. The Bertz CT molecular complexity index is 1610. The third-order valence-corrected chi connectivity index (χ3v) is 10.3. The number of anilines is 1. The van der Waals surface area contributed by atoms with Crippen molar-refractivity contribution in [3.05, 3.63) is 102 Å². The maximum atomic E-state index is 13.8. The Morgan fingerprint density at radius 1 is 0.787 bits per heavy atom. The summed E-state index contributed by atoms with van der Waals surface area (Å²) in [5.74, 6) is -5.18. The van der Waals surface area contributed by atoms with E-state index in [0.29, 0.717) is 18.5 Å². The molecule has 0 fully saturated rings. The van der Waals surface area contributed by atoms with E-state index in [9.17, 15) is 33.4 Å². The average Bonchev–Trinajstić information content (AvgIpc) is 3.28. The summed E-state index contributed by atoms with van der Waals surface area (Å²) in [6, 6.07) is 23.6. The number of hydrogen-bond donors (Lipinski definition) is 4. The fourth-order valence-corrected chi connectivity index (χ4v) is 7.06. The van der Waals surface area contributed by atoms with Crippen LogP contribution in [-0.2, 0) is 25.4 Å². The summed E-state index contributed by atoms with van der Waals surface area (Å²) >= 11 is 0. The lowest BCUT2D eigenvalue weighted by atomic mass is 9.98. The molecular weight excluding hydrogens is 619 g/mol. The van der Waals surface area contributed by atoms with Gasteiger partial charge >= 0.3 is 0 Å². The van der Waals surface area contributed by atoms with Crippen LogP contribution in [0.2, 0.25) is 0 Å². The summed E-state index contributed by atoms with van der Waals surface area (Å²) in [5, 5.41) is 8.09. The van der Waals surface area contributed by atoms with E-state index in [0.717, 1.165) is 10.5 Å². The molecule has 3 aromatic rings. The van der Waals surface area contributed by atoms with E-state index in [1.165, 1.54) is 19.1 Å². The topological polar surface area (TPSA) is 162 Å². The van der Waals surface area contributed by atoms with Gasteiger partial charge in [-0.3, -0.25) is 33.4 Å². The Hall–Kier alpha value is -4.60. The molecule has 12 heteroatoms. The minimum atomic E-state index is -4.23. The van der Waals surface area contributed by atoms with Crippen LogP contribution in [0.4, 0.5) is 5.69 Å². The van der Waals surface area contributed by atoms with Crippen LogP contribution in [0.25, 0.3) is 0 Å². The Balaban J connectivity index is 1.45. The van der Waals surface area contributed by atoms with Crippen molar-refractivity contribution in [3.8, 4) is 0 Å². The van der Waals surface area contributed by atoms with Crippen molar-refractivity contribution in [2.24, 2.45) is 11.8 Å². The molecule has 1 aliphatic rings. The molecule has 0 saturated heterocycles. The quantitative estimate of drug-likeness (QED) is 0.138. The van der Waals surface area contributed by atoms with Crippen LogP contribution in [-0.4, -0.2) is 63.9 Å². The van der Waals surface area contributed by atoms with Crippen LogP contribution in [0.5, 0.6) is 0 Å². The molecule has 4 N–H and O–H groups in total. The van der Waals surface area contributed by atoms with E-state index in [2.05, 4.69) is 16.0 Å². The van der Waals surface area contributed by atoms with Gasteiger partial charge in [0.2, 0.25) is 25.1 Å². The van der Waals surface area contributed by atoms with Gasteiger partial charge in [0, 0.05) is 17.8 Å². The minimum Gasteiger partial charge on any atom is -0.344 e. The number of fused-ring (bicyclic) bond motifs is 1. The Labute approximate surface area is 274 Å². The Kier molecular flexibility index (Phi) is 11.9. The molecule has 1 heterocycles. The smallest absolute Gasteiger partial charge is 0.262 e. The van der Waals surface area contributed by atoms with Gasteiger partial charge in [0.05, 0.1) is 11.1 Å². The molecular formula is C35H41N4O7P. The van der Waals surface area contributed by atoms with E-state index >= 15 is 0 Å². The molecule has 0 radical (unpaired) electrons. The molecule has 0 saturated carbocycles. The van der Waals surface area contributed by atoms with Gasteiger partial charge in [-0.1, -0.05) is 74.5 Å². The van der Waals surface area contributed by atoms with Crippen LogP contribution >= 0.6 is 7.37 Å². The molecule has 3 aromatic carbocycles. The molecule has 5 amide bonds. The third kappa shape index (κ3) is 9.47. The first-order valence-electron chi connectivity index (χ1n) is 15.6. The summed E-state index contributed by atoms with van der Waals surface area (Å²) in [7, 11) is -4.23. The summed E-state index contributed by atoms with van der Waals surface area (Å²) in [4.78, 5) is 77.2. The number of rotatable bonds is 15. The van der Waals surface area contributed by atoms with E-state index in [1.54, 1.807) is 36.4 Å². The minimum absolute atomic E-state index is 0.0610. The van der Waals surface area contributed by atoms with E-state index in [-0.39, 0.29) is 23.5 Å². The predicted molar refractivity (Wildman–Crippen MR) is 179 cm³/mol. The van der Waals surface area contributed by atoms with Crippen molar-refractivity contribution in [3.63, 3.8) is 0 Å². The number of carbonyl (C=O) groups excluding carboxylic acids is 5. The first-order valence-corrected chi connectivity index (χ1v) is 17.5. The van der Waals surface area contributed by atoms with Gasteiger partial charge in [0.15, 0.2) is 0 Å². The van der Waals surface area contributed by atoms with Gasteiger partial charge in [-0.05, 0) is 61.9 Å². The highest BCUT2D eigenvalue weighted by molar-refractivity contribution is 7.58. The molecule has 0 spiro atoms. The summed E-state index contributed by atoms with van der Waals surface area (Å²) in [6.45, 7) is 4.58. The highest BCUT2D eigenvalue weighted by Gasteiger charge is 2.39. The molecule has 4 rings (SSSR count). The number of nitrogens with one attached hydrogen (secondary N) is 3. The van der Waals surface area contributed by atoms with Gasteiger partial charge in [-0.2, -0.15) is 0 Å². The molecule has 0 aromatic heterocycles. The van der Waals surface area contributed by atoms with Crippen molar-refractivity contribution < 1.29 is 33.4 Å². The van der Waals surface area contributed by atoms with E-state index < -0.39 is 67.4 Å². The highest BCUT2D eigenvalue weighted by Crippen LogP contribution is 2.47. The van der Waals surface area contributed by atoms with E-state index in [4.69, 9.17) is 0 Å². The van der Waals surface area contributed by atoms with Crippen molar-refractivity contribution in [1.82, 2.24) is 15.5 Å². The van der Waals surface area contributed by atoms with Gasteiger partial charge in [0.1, 0.15) is 18.4 Å². The van der Waals surface area contributed by atoms with Gasteiger partial charge < -0.3 is 20.8 Å². The van der Waals surface area contributed by atoms with Crippen LogP contribution in [0, 0.1) is 11.8 Å². The summed E-state index contributed by atoms with van der Waals surface area (Å²) in [5.41, 5.74) is 1.88. The largest absolute Gasteiger partial charge is 0.344 e. The van der Waals surface area contributed by atoms with Gasteiger partial charge in [-0.25, -0.2) is 0 Å². The van der Waals surface area contributed by atoms with Crippen molar-refractivity contribution in [2.45, 2.75) is 51.9 Å². The zero-order valence-electron chi connectivity index (χ0n) is 26.7. The maximum absolute atomic E-state index is 13.8. The third-order valence-electron chi connectivity index (χ3n) is 8.01. The zero-order chi connectivity index (χ0) is 34.1. The fourth-order valence-electron chi connectivity index (χ4n) is 5.41. The van der Waals surface area contributed by atoms with Crippen LogP contribution in [0.1, 0.15) is 59.9 Å². The second-order valence-corrected chi connectivity index (χ2v) is 14.8. The number of nitrogens with zero attached hydrogens (tertiary/aromatic N) is 1. The number of carbonyl (C=O) groups is 5. The Morgan fingerprint density at radius 3 is 1.91 bits per heavy atom. The zero-order valence-corrected chi connectivity index (χ0v) is 27.6. The molecule has 248 valence electrons. The number of aryl methyl sites for hydroxylation is 1. The summed E-state index contributed by atoms with van der Waals surface area (Å²) < 4.78 is 13.7. The summed E-state index contributed by atoms with van der Waals surface area (Å²) in [6.07, 6.45) is 0.529.